The van der Waals surface area contributed by atoms with Gasteiger partial charge in [0.05, 0.1) is 23.1 Å². The second-order valence-corrected chi connectivity index (χ2v) is 7.69. The van der Waals surface area contributed by atoms with E-state index in [1.165, 1.54) is 16.5 Å². The third-order valence-electron chi connectivity index (χ3n) is 5.71. The molecule has 2 N–H and O–H groups in total. The van der Waals surface area contributed by atoms with Crippen LogP contribution in [0.25, 0.3) is 21.8 Å². The van der Waals surface area contributed by atoms with Gasteiger partial charge in [0.2, 0.25) is 0 Å². The van der Waals surface area contributed by atoms with Crippen molar-refractivity contribution in [1.29, 1.82) is 0 Å². The number of benzene rings is 2. The number of hydrogen-bond donors (Lipinski definition) is 2. The number of nitrogens with one attached hydrogen (secondary N) is 2. The van der Waals surface area contributed by atoms with Crippen LogP contribution in [0.5, 0.6) is 0 Å². The summed E-state index contributed by atoms with van der Waals surface area (Å²) in [6.07, 6.45) is 5.50. The molecule has 0 saturated heterocycles. The van der Waals surface area contributed by atoms with Gasteiger partial charge in [0.25, 0.3) is 0 Å². The monoisotopic (exact) mass is 392 g/mol. The van der Waals surface area contributed by atoms with Crippen LogP contribution in [0, 0.1) is 0 Å². The Morgan fingerprint density at radius 3 is 2.87 bits per heavy atom. The highest BCUT2D eigenvalue weighted by Crippen LogP contribution is 2.30. The quantitative estimate of drug-likeness (QED) is 0.461. The van der Waals surface area contributed by atoms with Gasteiger partial charge < -0.3 is 10.3 Å². The Morgan fingerprint density at radius 2 is 1.87 bits per heavy atom. The Kier molecular flexibility index (Phi) is 3.95. The van der Waals surface area contributed by atoms with E-state index < -0.39 is 0 Å². The molecule has 0 spiro atoms. The summed E-state index contributed by atoms with van der Waals surface area (Å²) in [7, 11) is 0. The van der Waals surface area contributed by atoms with Crippen LogP contribution >= 0.6 is 0 Å². The number of hydrogen-bond acceptors (Lipinski definition) is 5. The number of aromatic nitrogens is 4. The van der Waals surface area contributed by atoms with Crippen LogP contribution in [0.1, 0.15) is 16.8 Å². The third kappa shape index (κ3) is 2.98. The average molecular weight is 392 g/mol. The summed E-state index contributed by atoms with van der Waals surface area (Å²) in [5.74, 6) is 0.859. The molecule has 0 bridgehead atoms. The lowest BCUT2D eigenvalue weighted by atomic mass is 10.1. The minimum atomic E-state index is 0.816. The molecular weight excluding hydrogens is 372 g/mol. The van der Waals surface area contributed by atoms with Gasteiger partial charge >= 0.3 is 0 Å². The lowest BCUT2D eigenvalue weighted by Crippen LogP contribution is -2.16. The molecule has 6 nitrogen and oxygen atoms in total. The summed E-state index contributed by atoms with van der Waals surface area (Å²) in [5.41, 5.74) is 6.67. The fraction of sp³-hybridized carbons (Fsp3) is 0.125. The topological polar surface area (TPSA) is 69.7 Å². The van der Waals surface area contributed by atoms with Crippen molar-refractivity contribution in [1.82, 2.24) is 24.8 Å². The van der Waals surface area contributed by atoms with Crippen molar-refractivity contribution < 1.29 is 0 Å². The minimum absolute atomic E-state index is 0.816. The molecule has 0 radical (unpaired) electrons. The molecule has 1 aliphatic heterocycles. The van der Waals surface area contributed by atoms with Gasteiger partial charge in [-0.25, -0.2) is 9.97 Å². The second-order valence-electron chi connectivity index (χ2n) is 7.69. The molecule has 2 aromatic carbocycles. The molecule has 0 amide bonds. The van der Waals surface area contributed by atoms with E-state index in [0.29, 0.717) is 0 Å². The van der Waals surface area contributed by atoms with E-state index in [1.807, 2.05) is 30.6 Å². The molecule has 3 aromatic heterocycles. The number of nitrogens with zero attached hydrogens (tertiary/aromatic N) is 4. The Bertz CT molecular complexity index is 1370. The first-order chi connectivity index (χ1) is 14.8. The summed E-state index contributed by atoms with van der Waals surface area (Å²) < 4.78 is 0. The van der Waals surface area contributed by atoms with Crippen LogP contribution in [-0.4, -0.2) is 24.8 Å². The van der Waals surface area contributed by atoms with Gasteiger partial charge in [-0.15, -0.1) is 0 Å². The van der Waals surface area contributed by atoms with Gasteiger partial charge in [-0.2, -0.15) is 0 Å². The predicted octanol–water partition coefficient (Wildman–Crippen LogP) is 4.77. The molecule has 0 saturated carbocycles. The number of para-hydroxylation sites is 2. The van der Waals surface area contributed by atoms with Crippen LogP contribution in [0.3, 0.4) is 0 Å². The van der Waals surface area contributed by atoms with Crippen LogP contribution in [-0.2, 0) is 19.6 Å². The number of pyridine rings is 1. The van der Waals surface area contributed by atoms with E-state index in [4.69, 9.17) is 0 Å². The maximum atomic E-state index is 4.55. The second kappa shape index (κ2) is 6.93. The van der Waals surface area contributed by atoms with Crippen molar-refractivity contribution in [3.8, 4) is 0 Å². The summed E-state index contributed by atoms with van der Waals surface area (Å²) in [4.78, 5) is 19.4. The Hall–Kier alpha value is -3.77. The molecule has 0 aliphatic carbocycles. The summed E-state index contributed by atoms with van der Waals surface area (Å²) in [5, 5.41) is 5.81. The normalized spacial score (nSPS) is 13.7. The summed E-state index contributed by atoms with van der Waals surface area (Å²) in [6, 6.07) is 18.8. The van der Waals surface area contributed by atoms with Gasteiger partial charge in [-0.05, 0) is 29.1 Å². The zero-order chi connectivity index (χ0) is 19.9. The third-order valence-corrected chi connectivity index (χ3v) is 5.71. The first-order valence-electron chi connectivity index (χ1n) is 10.1. The molecule has 6 rings (SSSR count). The van der Waals surface area contributed by atoms with Gasteiger partial charge in [0, 0.05) is 42.3 Å². The van der Waals surface area contributed by atoms with E-state index in [1.54, 1.807) is 6.33 Å². The lowest BCUT2D eigenvalue weighted by molar-refractivity contribution is 0.275. The van der Waals surface area contributed by atoms with Gasteiger partial charge in [-0.3, -0.25) is 9.88 Å². The number of rotatable bonds is 4. The van der Waals surface area contributed by atoms with Crippen LogP contribution in [0.2, 0.25) is 0 Å². The van der Waals surface area contributed by atoms with Crippen molar-refractivity contribution in [2.75, 3.05) is 5.32 Å². The zero-order valence-electron chi connectivity index (χ0n) is 16.3. The number of fused-ring (bicyclic) bond motifs is 3. The fourth-order valence-electron chi connectivity index (χ4n) is 4.26. The maximum Gasteiger partial charge on any atom is 0.138 e. The number of H-pyrrole nitrogens is 1. The van der Waals surface area contributed by atoms with E-state index >= 15 is 0 Å². The van der Waals surface area contributed by atoms with Gasteiger partial charge in [0.1, 0.15) is 12.1 Å². The Balaban J connectivity index is 1.26. The number of anilines is 2. The van der Waals surface area contributed by atoms with Crippen molar-refractivity contribution in [3.05, 3.63) is 90.1 Å². The fourth-order valence-corrected chi connectivity index (χ4v) is 4.26. The number of aromatic amines is 1. The van der Waals surface area contributed by atoms with Crippen molar-refractivity contribution in [2.45, 2.75) is 19.6 Å². The predicted molar refractivity (Wildman–Crippen MR) is 118 cm³/mol. The molecule has 4 heterocycles. The van der Waals surface area contributed by atoms with Crippen molar-refractivity contribution in [2.24, 2.45) is 0 Å². The summed E-state index contributed by atoms with van der Waals surface area (Å²) >= 11 is 0. The smallest absolute Gasteiger partial charge is 0.138 e. The Morgan fingerprint density at radius 1 is 0.933 bits per heavy atom. The average Bonchev–Trinajstić information content (AvgIpc) is 3.41. The molecule has 5 aromatic rings. The molecule has 30 heavy (non-hydrogen) atoms. The van der Waals surface area contributed by atoms with E-state index in [9.17, 15) is 0 Å². The molecule has 1 aliphatic rings. The highest BCUT2D eigenvalue weighted by atomic mass is 15.2. The minimum Gasteiger partial charge on any atom is -0.361 e. The van der Waals surface area contributed by atoms with E-state index in [0.717, 1.165) is 53.3 Å². The SMILES string of the molecule is c1ccc2ncc(Nc3ncnc4c3CN(Cc3cccc5cc[nH]c35)C4)cc2c1. The molecular formula is C24H20N6. The lowest BCUT2D eigenvalue weighted by Gasteiger charge is -2.15. The highest BCUT2D eigenvalue weighted by molar-refractivity contribution is 5.83. The standard InChI is InChI=1S/C24H20N6/c1-2-7-21-17(4-1)10-19(11-26-21)29-24-20-13-30(14-22(20)27-15-28-24)12-18-6-3-5-16-8-9-25-23(16)18/h1-11,15,25H,12-14H2,(H,27,28,29). The van der Waals surface area contributed by atoms with Crippen molar-refractivity contribution >= 4 is 33.3 Å². The van der Waals surface area contributed by atoms with E-state index in [-0.39, 0.29) is 0 Å². The zero-order valence-corrected chi connectivity index (χ0v) is 16.3. The van der Waals surface area contributed by atoms with Gasteiger partial charge in [0.15, 0.2) is 0 Å². The molecule has 0 fully saturated rings. The molecule has 0 atom stereocenters. The molecule has 0 unspecified atom stereocenters. The van der Waals surface area contributed by atoms with E-state index in [2.05, 4.69) is 66.6 Å². The first-order valence-corrected chi connectivity index (χ1v) is 10.1. The van der Waals surface area contributed by atoms with Crippen LogP contribution < -0.4 is 5.32 Å². The summed E-state index contributed by atoms with van der Waals surface area (Å²) in [6.45, 7) is 2.50. The van der Waals surface area contributed by atoms with Crippen LogP contribution in [0.15, 0.2) is 73.3 Å². The highest BCUT2D eigenvalue weighted by Gasteiger charge is 2.24. The van der Waals surface area contributed by atoms with Gasteiger partial charge in [-0.1, -0.05) is 36.4 Å². The molecule has 6 heteroatoms. The molecule has 146 valence electrons. The maximum absolute atomic E-state index is 4.55. The van der Waals surface area contributed by atoms with Crippen molar-refractivity contribution in [3.63, 3.8) is 0 Å². The Labute approximate surface area is 173 Å². The van der Waals surface area contributed by atoms with Crippen LogP contribution in [0.4, 0.5) is 11.5 Å². The first kappa shape index (κ1) is 17.1. The largest absolute Gasteiger partial charge is 0.361 e.